The predicted molar refractivity (Wildman–Crippen MR) is 72.1 cm³/mol. The van der Waals surface area contributed by atoms with Gasteiger partial charge in [-0.25, -0.2) is 4.98 Å². The van der Waals surface area contributed by atoms with Crippen LogP contribution in [0.2, 0.25) is 0 Å². The second-order valence-electron chi connectivity index (χ2n) is 5.61. The number of amides is 1. The van der Waals surface area contributed by atoms with Crippen LogP contribution in [0.1, 0.15) is 35.2 Å². The Hall–Kier alpha value is -1.98. The molecule has 3 heterocycles. The topological polar surface area (TPSA) is 59.5 Å². The summed E-state index contributed by atoms with van der Waals surface area (Å²) >= 11 is 0. The lowest BCUT2D eigenvalue weighted by Gasteiger charge is -2.37. The fraction of sp³-hybridized carbons (Fsp3) is 0.533. The first-order chi connectivity index (χ1) is 10.1. The molecule has 3 rings (SSSR count). The van der Waals surface area contributed by atoms with Gasteiger partial charge in [0, 0.05) is 18.8 Å². The Morgan fingerprint density at radius 1 is 1.43 bits per heavy atom. The van der Waals surface area contributed by atoms with Crippen LogP contribution in [0.5, 0.6) is 0 Å². The fourth-order valence-electron chi connectivity index (χ4n) is 3.28. The highest BCUT2D eigenvalue weighted by Crippen LogP contribution is 2.31. The highest BCUT2D eigenvalue weighted by molar-refractivity contribution is 5.96. The highest BCUT2D eigenvalue weighted by atomic mass is 19.1. The molecule has 21 heavy (non-hydrogen) atoms. The highest BCUT2D eigenvalue weighted by Gasteiger charge is 2.37. The van der Waals surface area contributed by atoms with Crippen molar-refractivity contribution >= 4 is 11.9 Å². The van der Waals surface area contributed by atoms with Crippen molar-refractivity contribution in [3.05, 3.63) is 29.3 Å². The lowest BCUT2D eigenvalue weighted by molar-refractivity contribution is -0.147. The molecule has 5 nitrogen and oxygen atoms in total. The molecule has 2 atom stereocenters. The molecule has 0 N–H and O–H groups in total. The van der Waals surface area contributed by atoms with Gasteiger partial charge in [-0.05, 0) is 37.3 Å². The number of nitrogens with zero attached hydrogens (tertiary/aromatic N) is 2. The minimum atomic E-state index is -0.561. The zero-order valence-electron chi connectivity index (χ0n) is 11.8. The molecular formula is C15H17FN2O3. The first kappa shape index (κ1) is 14.0. The zero-order valence-corrected chi connectivity index (χ0v) is 11.8. The molecule has 1 amide bonds. The minimum Gasteiger partial charge on any atom is -0.469 e. The van der Waals surface area contributed by atoms with E-state index in [1.54, 1.807) is 4.90 Å². The van der Waals surface area contributed by atoms with E-state index < -0.39 is 5.95 Å². The number of piperidine rings is 1. The van der Waals surface area contributed by atoms with E-state index in [-0.39, 0.29) is 23.8 Å². The summed E-state index contributed by atoms with van der Waals surface area (Å²) in [6.07, 6.45) is 4.25. The molecule has 2 aliphatic rings. The molecule has 2 unspecified atom stereocenters. The number of rotatable bonds is 1. The van der Waals surface area contributed by atoms with Crippen LogP contribution >= 0.6 is 0 Å². The fourth-order valence-corrected chi connectivity index (χ4v) is 3.28. The predicted octanol–water partition coefficient (Wildman–Crippen LogP) is 1.56. The summed E-state index contributed by atoms with van der Waals surface area (Å²) < 4.78 is 18.0. The maximum atomic E-state index is 13.2. The first-order valence-corrected chi connectivity index (χ1v) is 7.13. The summed E-state index contributed by atoms with van der Waals surface area (Å²) in [4.78, 5) is 29.7. The van der Waals surface area contributed by atoms with Crippen LogP contribution < -0.4 is 0 Å². The number of hydrogen-bond donors (Lipinski definition) is 0. The standard InChI is InChI=1S/C15H17FN2O3/c1-21-15(20)10-3-5-11-4-2-9-6-13(16)17-7-12(9)14(19)18(11)8-10/h6-7,10-11H,2-5,8H2,1H3. The quantitative estimate of drug-likeness (QED) is 0.582. The summed E-state index contributed by atoms with van der Waals surface area (Å²) in [6, 6.07) is 1.44. The van der Waals surface area contributed by atoms with Crippen LogP contribution in [0, 0.1) is 11.9 Å². The number of carbonyl (C=O) groups is 2. The number of ether oxygens (including phenoxy) is 1. The number of carbonyl (C=O) groups excluding carboxylic acids is 2. The van der Waals surface area contributed by atoms with Gasteiger partial charge in [0.1, 0.15) is 0 Å². The Morgan fingerprint density at radius 3 is 3.00 bits per heavy atom. The van der Waals surface area contributed by atoms with Crippen molar-refractivity contribution in [1.29, 1.82) is 0 Å². The molecule has 1 aromatic heterocycles. The van der Waals surface area contributed by atoms with Crippen molar-refractivity contribution in [2.24, 2.45) is 5.92 Å². The number of esters is 1. The molecule has 112 valence electrons. The van der Waals surface area contributed by atoms with Gasteiger partial charge >= 0.3 is 5.97 Å². The van der Waals surface area contributed by atoms with Crippen LogP contribution in [0.3, 0.4) is 0 Å². The van der Waals surface area contributed by atoms with E-state index in [9.17, 15) is 14.0 Å². The van der Waals surface area contributed by atoms with Crippen molar-refractivity contribution in [3.63, 3.8) is 0 Å². The Morgan fingerprint density at radius 2 is 2.24 bits per heavy atom. The number of methoxy groups -OCH3 is 1. The van der Waals surface area contributed by atoms with Crippen LogP contribution in [0.15, 0.2) is 12.3 Å². The summed E-state index contributed by atoms with van der Waals surface area (Å²) in [6.45, 7) is 0.368. The molecule has 1 aromatic rings. The molecule has 0 radical (unpaired) electrons. The largest absolute Gasteiger partial charge is 0.469 e. The Kier molecular flexibility index (Phi) is 3.61. The maximum Gasteiger partial charge on any atom is 0.310 e. The normalized spacial score (nSPS) is 24.9. The van der Waals surface area contributed by atoms with E-state index in [1.165, 1.54) is 19.4 Å². The van der Waals surface area contributed by atoms with E-state index in [1.807, 2.05) is 0 Å². The number of fused-ring (bicyclic) bond motifs is 2. The smallest absolute Gasteiger partial charge is 0.310 e. The van der Waals surface area contributed by atoms with Crippen molar-refractivity contribution in [2.75, 3.05) is 13.7 Å². The summed E-state index contributed by atoms with van der Waals surface area (Å²) in [5, 5.41) is 0. The van der Waals surface area contributed by atoms with Crippen LogP contribution in [0.4, 0.5) is 4.39 Å². The third-order valence-electron chi connectivity index (χ3n) is 4.44. The Balaban J connectivity index is 1.89. The number of hydrogen-bond acceptors (Lipinski definition) is 4. The number of aromatic nitrogens is 1. The van der Waals surface area contributed by atoms with Gasteiger partial charge in [0.15, 0.2) is 0 Å². The molecule has 0 bridgehead atoms. The van der Waals surface area contributed by atoms with Crippen molar-refractivity contribution in [3.8, 4) is 0 Å². The van der Waals surface area contributed by atoms with Gasteiger partial charge in [0.2, 0.25) is 5.95 Å². The van der Waals surface area contributed by atoms with Gasteiger partial charge < -0.3 is 9.64 Å². The SMILES string of the molecule is COC(=O)C1CCC2CCc3cc(F)ncc3C(=O)N2C1. The second kappa shape index (κ2) is 5.42. The molecule has 0 aromatic carbocycles. The lowest BCUT2D eigenvalue weighted by Crippen LogP contribution is -2.48. The van der Waals surface area contributed by atoms with Crippen molar-refractivity contribution in [2.45, 2.75) is 31.7 Å². The molecule has 1 fully saturated rings. The van der Waals surface area contributed by atoms with Gasteiger partial charge in [0.25, 0.3) is 5.91 Å². The van der Waals surface area contributed by atoms with Gasteiger partial charge in [-0.1, -0.05) is 0 Å². The Labute approximate surface area is 122 Å². The van der Waals surface area contributed by atoms with Gasteiger partial charge in [-0.2, -0.15) is 4.39 Å². The van der Waals surface area contributed by atoms with Gasteiger partial charge in [-0.3, -0.25) is 9.59 Å². The molecule has 6 heteroatoms. The molecule has 1 saturated heterocycles. The number of aryl methyl sites for hydroxylation is 1. The average molecular weight is 292 g/mol. The summed E-state index contributed by atoms with van der Waals surface area (Å²) in [5.41, 5.74) is 1.15. The first-order valence-electron chi connectivity index (χ1n) is 7.13. The van der Waals surface area contributed by atoms with E-state index in [4.69, 9.17) is 4.74 Å². The van der Waals surface area contributed by atoms with Crippen molar-refractivity contribution in [1.82, 2.24) is 9.88 Å². The van der Waals surface area contributed by atoms with E-state index >= 15 is 0 Å². The molecular weight excluding hydrogens is 275 g/mol. The monoisotopic (exact) mass is 292 g/mol. The van der Waals surface area contributed by atoms with E-state index in [0.29, 0.717) is 24.1 Å². The van der Waals surface area contributed by atoms with E-state index in [2.05, 4.69) is 4.98 Å². The third kappa shape index (κ3) is 2.50. The van der Waals surface area contributed by atoms with Crippen LogP contribution in [-0.4, -0.2) is 41.5 Å². The lowest BCUT2D eigenvalue weighted by atomic mass is 9.91. The van der Waals surface area contributed by atoms with Crippen LogP contribution in [0.25, 0.3) is 0 Å². The second-order valence-corrected chi connectivity index (χ2v) is 5.61. The van der Waals surface area contributed by atoms with Gasteiger partial charge in [-0.15, -0.1) is 0 Å². The molecule has 0 spiro atoms. The summed E-state index contributed by atoms with van der Waals surface area (Å²) in [5.74, 6) is -1.27. The zero-order chi connectivity index (χ0) is 15.0. The molecule has 2 aliphatic heterocycles. The minimum absolute atomic E-state index is 0.105. The average Bonchev–Trinajstić information content (AvgIpc) is 2.63. The summed E-state index contributed by atoms with van der Waals surface area (Å²) in [7, 11) is 1.36. The Bertz CT molecular complexity index is 590. The molecule has 0 aliphatic carbocycles. The van der Waals surface area contributed by atoms with Crippen molar-refractivity contribution < 1.29 is 18.7 Å². The van der Waals surface area contributed by atoms with E-state index in [0.717, 1.165) is 19.3 Å². The molecule has 0 saturated carbocycles. The maximum absolute atomic E-state index is 13.2. The number of pyridine rings is 1. The van der Waals surface area contributed by atoms with Crippen LogP contribution in [-0.2, 0) is 16.0 Å². The number of halogens is 1. The third-order valence-corrected chi connectivity index (χ3v) is 4.44. The van der Waals surface area contributed by atoms with Gasteiger partial charge in [0.05, 0.1) is 18.6 Å².